The van der Waals surface area contributed by atoms with E-state index >= 15 is 0 Å². The maximum Gasteiger partial charge on any atom is 0.573 e. The summed E-state index contributed by atoms with van der Waals surface area (Å²) in [6.45, 7) is 4.16. The third kappa shape index (κ3) is 8.72. The number of alkyl halides is 5. The van der Waals surface area contributed by atoms with Crippen LogP contribution < -0.4 is 24.4 Å². The zero-order valence-corrected chi connectivity index (χ0v) is 26.6. The number of urea groups is 1. The van der Waals surface area contributed by atoms with Crippen LogP contribution in [0.2, 0.25) is 0 Å². The molecule has 0 atom stereocenters. The van der Waals surface area contributed by atoms with Crippen molar-refractivity contribution in [3.63, 3.8) is 0 Å². The lowest BCUT2D eigenvalue weighted by Crippen LogP contribution is -2.31. The van der Waals surface area contributed by atoms with Crippen LogP contribution in [-0.2, 0) is 4.79 Å². The van der Waals surface area contributed by atoms with E-state index in [1.165, 1.54) is 54.2 Å². The van der Waals surface area contributed by atoms with Crippen molar-refractivity contribution in [3.8, 4) is 34.3 Å². The molecule has 1 aromatic heterocycles. The summed E-state index contributed by atoms with van der Waals surface area (Å²) in [6, 6.07) is 15.3. The Labute approximate surface area is 280 Å². The Kier molecular flexibility index (Phi) is 10.2. The number of hydrogen-bond acceptors (Lipinski definition) is 8. The molecule has 3 aromatic carbocycles. The molecule has 1 N–H and O–H groups in total. The van der Waals surface area contributed by atoms with Crippen molar-refractivity contribution >= 4 is 40.2 Å². The minimum atomic E-state index is -4.80. The SMILES string of the molecule is C=C(C)C(F)(F)CCOc1ccc(OC)cc1N1C(=O)CS/C1=N\C(=O)Nc1ccc(-c2ncn(-c3ccc(OC(F)(F)F)cc3)n2)cc1. The number of allylic oxidation sites excluding steroid dienone is 1. The number of rotatable bonds is 11. The van der Waals surface area contributed by atoms with Crippen LogP contribution >= 0.6 is 11.8 Å². The zero-order chi connectivity index (χ0) is 35.3. The van der Waals surface area contributed by atoms with Crippen LogP contribution in [0.15, 0.2) is 90.2 Å². The Bertz CT molecular complexity index is 1880. The number of methoxy groups -OCH3 is 1. The number of nitrogens with zero attached hydrogens (tertiary/aromatic N) is 5. The molecule has 1 saturated heterocycles. The minimum absolute atomic E-state index is 0.0314. The topological polar surface area (TPSA) is 120 Å². The number of ether oxygens (including phenoxy) is 3. The van der Waals surface area contributed by atoms with Gasteiger partial charge in [0.2, 0.25) is 5.91 Å². The van der Waals surface area contributed by atoms with E-state index in [4.69, 9.17) is 9.47 Å². The average Bonchev–Trinajstić information content (AvgIpc) is 3.68. The first-order valence-electron chi connectivity index (χ1n) is 14.3. The molecule has 4 aromatic rings. The fourth-order valence-electron chi connectivity index (χ4n) is 4.37. The van der Waals surface area contributed by atoms with Crippen LogP contribution in [0.1, 0.15) is 13.3 Å². The number of thioether (sulfide) groups is 1. The molecule has 0 radical (unpaired) electrons. The maximum atomic E-state index is 14.1. The summed E-state index contributed by atoms with van der Waals surface area (Å²) in [7, 11) is 1.42. The number of aromatic nitrogens is 3. The number of benzene rings is 3. The molecule has 5 rings (SSSR count). The molecule has 11 nitrogen and oxygen atoms in total. The first-order valence-corrected chi connectivity index (χ1v) is 15.3. The molecule has 0 spiro atoms. The summed E-state index contributed by atoms with van der Waals surface area (Å²) in [6.07, 6.45) is -4.04. The first kappa shape index (κ1) is 34.9. The molecule has 0 saturated carbocycles. The van der Waals surface area contributed by atoms with E-state index in [0.717, 1.165) is 23.9 Å². The van der Waals surface area contributed by atoms with E-state index in [0.29, 0.717) is 28.5 Å². The highest BCUT2D eigenvalue weighted by molar-refractivity contribution is 8.15. The van der Waals surface area contributed by atoms with Crippen molar-refractivity contribution in [1.82, 2.24) is 14.8 Å². The predicted octanol–water partition coefficient (Wildman–Crippen LogP) is 7.49. The summed E-state index contributed by atoms with van der Waals surface area (Å²) in [5, 5.41) is 7.01. The molecule has 1 aliphatic rings. The molecule has 3 amide bonds. The number of hydrogen-bond donors (Lipinski definition) is 1. The van der Waals surface area contributed by atoms with Crippen LogP contribution in [0.25, 0.3) is 17.1 Å². The summed E-state index contributed by atoms with van der Waals surface area (Å²) in [5.41, 5.74) is 1.26. The standard InChI is InChI=1S/C32H27F5N6O5S/c1-19(2)31(33,34)14-15-47-26-13-12-24(46-3)16-25(26)43-27(44)17-49-30(43)40-29(45)39-21-6-4-20(5-7-21)28-38-18-42(41-28)22-8-10-23(11-9-22)48-32(35,36)37/h4-13,16,18H,1,14-15,17H2,2-3H3,(H,39,45)/b40-30-. The fourth-order valence-corrected chi connectivity index (χ4v) is 5.22. The maximum absolute atomic E-state index is 14.1. The van der Waals surface area contributed by atoms with Crippen molar-refractivity contribution in [1.29, 1.82) is 0 Å². The molecule has 0 unspecified atom stereocenters. The van der Waals surface area contributed by atoms with Crippen molar-refractivity contribution in [2.75, 3.05) is 29.7 Å². The second-order valence-electron chi connectivity index (χ2n) is 10.4. The number of carbonyl (C=O) groups excluding carboxylic acids is 2. The number of carbonyl (C=O) groups is 2. The molecule has 256 valence electrons. The lowest BCUT2D eigenvalue weighted by atomic mass is 10.1. The quantitative estimate of drug-likeness (QED) is 0.126. The van der Waals surface area contributed by atoms with Gasteiger partial charge >= 0.3 is 12.4 Å². The van der Waals surface area contributed by atoms with Crippen LogP contribution in [0.3, 0.4) is 0 Å². The monoisotopic (exact) mass is 702 g/mol. The van der Waals surface area contributed by atoms with Gasteiger partial charge in [0.25, 0.3) is 5.92 Å². The highest BCUT2D eigenvalue weighted by atomic mass is 32.2. The van der Waals surface area contributed by atoms with Crippen molar-refractivity contribution in [2.24, 2.45) is 4.99 Å². The second-order valence-corrected chi connectivity index (χ2v) is 11.3. The van der Waals surface area contributed by atoms with Crippen LogP contribution in [0, 0.1) is 0 Å². The van der Waals surface area contributed by atoms with Gasteiger partial charge in [0.05, 0.1) is 30.8 Å². The van der Waals surface area contributed by atoms with Crippen molar-refractivity contribution < 1.29 is 45.8 Å². The molecule has 2 heterocycles. The van der Waals surface area contributed by atoms with Gasteiger partial charge in [-0.3, -0.25) is 9.69 Å². The second kappa shape index (κ2) is 14.3. The number of amides is 3. The van der Waals surface area contributed by atoms with Gasteiger partial charge in [-0.05, 0) is 73.2 Å². The number of halogens is 5. The summed E-state index contributed by atoms with van der Waals surface area (Å²) in [5.74, 6) is -3.17. The third-order valence-corrected chi connectivity index (χ3v) is 7.81. The van der Waals surface area contributed by atoms with E-state index in [2.05, 4.69) is 31.7 Å². The fraction of sp³-hybridized carbons (Fsp3) is 0.219. The van der Waals surface area contributed by atoms with Gasteiger partial charge < -0.3 is 19.5 Å². The van der Waals surface area contributed by atoms with Gasteiger partial charge in [-0.25, -0.2) is 23.2 Å². The smallest absolute Gasteiger partial charge is 0.497 e. The molecule has 49 heavy (non-hydrogen) atoms. The van der Waals surface area contributed by atoms with Crippen molar-refractivity contribution in [3.05, 3.63) is 85.2 Å². The van der Waals surface area contributed by atoms with E-state index in [1.807, 2.05) is 0 Å². The zero-order valence-electron chi connectivity index (χ0n) is 25.8. The van der Waals surface area contributed by atoms with E-state index < -0.39 is 30.6 Å². The molecule has 17 heteroatoms. The molecular formula is C32H27F5N6O5S. The summed E-state index contributed by atoms with van der Waals surface area (Å²) < 4.78 is 81.6. The Morgan fingerprint density at radius 3 is 2.39 bits per heavy atom. The summed E-state index contributed by atoms with van der Waals surface area (Å²) in [4.78, 5) is 35.3. The van der Waals surface area contributed by atoms with Crippen LogP contribution in [-0.4, -0.2) is 63.6 Å². The van der Waals surface area contributed by atoms with Gasteiger partial charge in [-0.1, -0.05) is 18.3 Å². The highest BCUT2D eigenvalue weighted by Crippen LogP contribution is 2.38. The first-order chi connectivity index (χ1) is 23.2. The summed E-state index contributed by atoms with van der Waals surface area (Å²) >= 11 is 1.01. The number of aliphatic imine (C=N–C) groups is 1. The van der Waals surface area contributed by atoms with Gasteiger partial charge in [-0.15, -0.1) is 18.3 Å². The largest absolute Gasteiger partial charge is 0.573 e. The van der Waals surface area contributed by atoms with Gasteiger partial charge in [0, 0.05) is 23.7 Å². The third-order valence-electron chi connectivity index (χ3n) is 6.89. The van der Waals surface area contributed by atoms with Crippen LogP contribution in [0.5, 0.6) is 17.2 Å². The van der Waals surface area contributed by atoms with Gasteiger partial charge in [-0.2, -0.15) is 4.99 Å². The lowest BCUT2D eigenvalue weighted by Gasteiger charge is -2.22. The minimum Gasteiger partial charge on any atom is -0.497 e. The molecular weight excluding hydrogens is 675 g/mol. The van der Waals surface area contributed by atoms with Gasteiger partial charge in [0.1, 0.15) is 23.6 Å². The number of amidine groups is 1. The molecule has 0 aliphatic carbocycles. The average molecular weight is 703 g/mol. The highest BCUT2D eigenvalue weighted by Gasteiger charge is 2.34. The molecule has 1 aliphatic heterocycles. The Balaban J connectivity index is 1.27. The number of anilines is 2. The Morgan fingerprint density at radius 2 is 1.73 bits per heavy atom. The molecule has 1 fully saturated rings. The number of nitrogens with one attached hydrogen (secondary N) is 1. The van der Waals surface area contributed by atoms with E-state index in [1.54, 1.807) is 30.3 Å². The predicted molar refractivity (Wildman–Crippen MR) is 173 cm³/mol. The lowest BCUT2D eigenvalue weighted by molar-refractivity contribution is -0.274. The normalized spacial score (nSPS) is 14.2. The Morgan fingerprint density at radius 1 is 1.04 bits per heavy atom. The van der Waals surface area contributed by atoms with E-state index in [-0.39, 0.29) is 40.3 Å². The van der Waals surface area contributed by atoms with Crippen LogP contribution in [0.4, 0.5) is 38.1 Å². The Hall–Kier alpha value is -5.45. The van der Waals surface area contributed by atoms with E-state index in [9.17, 15) is 31.5 Å². The van der Waals surface area contributed by atoms with Gasteiger partial charge in [0.15, 0.2) is 11.0 Å². The molecule has 0 bridgehead atoms. The van der Waals surface area contributed by atoms with Crippen molar-refractivity contribution in [2.45, 2.75) is 25.6 Å².